The molecule has 0 radical (unpaired) electrons. The standard InChI is InChI=1S/C19H28N2/c1-2-3-4-5-9-16-21-17-15-20-19(21)14-10-13-18-11-7-6-8-12-18/h6-8,11-12,15,17H,2-5,9-10,13-14,16H2,1H3. The number of hydrogen-bond acceptors (Lipinski definition) is 1. The minimum atomic E-state index is 1.08. The van der Waals surface area contributed by atoms with Gasteiger partial charge < -0.3 is 4.57 Å². The molecule has 1 aromatic heterocycles. The molecule has 1 aromatic carbocycles. The molecular formula is C19H28N2. The molecule has 0 saturated carbocycles. The number of imidazole rings is 1. The molecule has 2 aromatic rings. The third kappa shape index (κ3) is 5.74. The Morgan fingerprint density at radius 3 is 2.52 bits per heavy atom. The molecule has 114 valence electrons. The van der Waals surface area contributed by atoms with Gasteiger partial charge in [-0.15, -0.1) is 0 Å². The summed E-state index contributed by atoms with van der Waals surface area (Å²) in [5.74, 6) is 1.25. The summed E-state index contributed by atoms with van der Waals surface area (Å²) in [6, 6.07) is 10.7. The summed E-state index contributed by atoms with van der Waals surface area (Å²) in [7, 11) is 0. The Labute approximate surface area is 129 Å². The Kier molecular flexibility index (Phi) is 7.06. The van der Waals surface area contributed by atoms with Gasteiger partial charge in [0, 0.05) is 25.4 Å². The smallest absolute Gasteiger partial charge is 0.108 e. The van der Waals surface area contributed by atoms with Crippen LogP contribution >= 0.6 is 0 Å². The van der Waals surface area contributed by atoms with Crippen LogP contribution < -0.4 is 0 Å². The van der Waals surface area contributed by atoms with E-state index in [0.29, 0.717) is 0 Å². The first-order valence-corrected chi connectivity index (χ1v) is 8.44. The van der Waals surface area contributed by atoms with Crippen molar-refractivity contribution in [2.24, 2.45) is 0 Å². The van der Waals surface area contributed by atoms with Crippen molar-refractivity contribution >= 4 is 0 Å². The molecule has 2 rings (SSSR count). The van der Waals surface area contributed by atoms with Crippen LogP contribution in [0.5, 0.6) is 0 Å². The van der Waals surface area contributed by atoms with Crippen LogP contribution in [0.3, 0.4) is 0 Å². The van der Waals surface area contributed by atoms with Crippen LogP contribution in [0.4, 0.5) is 0 Å². The van der Waals surface area contributed by atoms with E-state index in [0.717, 1.165) is 19.4 Å². The summed E-state index contributed by atoms with van der Waals surface area (Å²) in [6.07, 6.45) is 14.2. The molecule has 0 aliphatic rings. The lowest BCUT2D eigenvalue weighted by Gasteiger charge is -2.08. The predicted octanol–water partition coefficient (Wildman–Crippen LogP) is 5.03. The Morgan fingerprint density at radius 1 is 0.905 bits per heavy atom. The average Bonchev–Trinajstić information content (AvgIpc) is 2.96. The lowest BCUT2D eigenvalue weighted by atomic mass is 10.1. The number of rotatable bonds is 10. The molecule has 0 atom stereocenters. The maximum Gasteiger partial charge on any atom is 0.108 e. The molecule has 0 N–H and O–H groups in total. The summed E-state index contributed by atoms with van der Waals surface area (Å²) < 4.78 is 2.34. The topological polar surface area (TPSA) is 17.8 Å². The number of benzene rings is 1. The minimum absolute atomic E-state index is 1.08. The highest BCUT2D eigenvalue weighted by Crippen LogP contribution is 2.09. The normalized spacial score (nSPS) is 10.9. The van der Waals surface area contributed by atoms with Gasteiger partial charge in [-0.25, -0.2) is 4.98 Å². The van der Waals surface area contributed by atoms with Gasteiger partial charge in [0.2, 0.25) is 0 Å². The van der Waals surface area contributed by atoms with Crippen LogP contribution in [0.15, 0.2) is 42.7 Å². The fraction of sp³-hybridized carbons (Fsp3) is 0.526. The largest absolute Gasteiger partial charge is 0.335 e. The second kappa shape index (κ2) is 9.38. The van der Waals surface area contributed by atoms with Crippen LogP contribution in [0, 0.1) is 0 Å². The maximum atomic E-state index is 4.53. The van der Waals surface area contributed by atoms with Crippen molar-refractivity contribution in [1.29, 1.82) is 0 Å². The van der Waals surface area contributed by atoms with Crippen LogP contribution in [0.1, 0.15) is 56.8 Å². The van der Waals surface area contributed by atoms with Gasteiger partial charge in [-0.05, 0) is 24.8 Å². The quantitative estimate of drug-likeness (QED) is 0.560. The van der Waals surface area contributed by atoms with Gasteiger partial charge in [0.15, 0.2) is 0 Å². The van der Waals surface area contributed by atoms with Crippen LogP contribution in [-0.2, 0) is 19.4 Å². The first kappa shape index (κ1) is 15.8. The second-order valence-electron chi connectivity index (χ2n) is 5.79. The molecule has 0 spiro atoms. The first-order valence-electron chi connectivity index (χ1n) is 8.44. The van der Waals surface area contributed by atoms with Crippen LogP contribution in [0.25, 0.3) is 0 Å². The third-order valence-corrected chi connectivity index (χ3v) is 4.01. The molecule has 21 heavy (non-hydrogen) atoms. The fourth-order valence-corrected chi connectivity index (χ4v) is 2.75. The Bertz CT molecular complexity index is 487. The molecule has 0 fully saturated rings. The number of nitrogens with zero attached hydrogens (tertiary/aromatic N) is 2. The molecule has 0 aliphatic carbocycles. The van der Waals surface area contributed by atoms with E-state index in [1.54, 1.807) is 0 Å². The van der Waals surface area contributed by atoms with Crippen LogP contribution in [-0.4, -0.2) is 9.55 Å². The van der Waals surface area contributed by atoms with E-state index in [4.69, 9.17) is 0 Å². The molecule has 0 unspecified atom stereocenters. The van der Waals surface area contributed by atoms with Crippen molar-refractivity contribution in [1.82, 2.24) is 9.55 Å². The zero-order chi connectivity index (χ0) is 14.8. The van der Waals surface area contributed by atoms with Crippen molar-refractivity contribution in [2.75, 3.05) is 0 Å². The summed E-state index contributed by atoms with van der Waals surface area (Å²) in [4.78, 5) is 4.53. The van der Waals surface area contributed by atoms with E-state index in [2.05, 4.69) is 53.0 Å². The summed E-state index contributed by atoms with van der Waals surface area (Å²) >= 11 is 0. The van der Waals surface area contributed by atoms with Gasteiger partial charge in [0.05, 0.1) is 0 Å². The van der Waals surface area contributed by atoms with E-state index in [-0.39, 0.29) is 0 Å². The zero-order valence-electron chi connectivity index (χ0n) is 13.3. The highest BCUT2D eigenvalue weighted by atomic mass is 15.1. The molecular weight excluding hydrogens is 256 g/mol. The van der Waals surface area contributed by atoms with Gasteiger partial charge in [0.25, 0.3) is 0 Å². The third-order valence-electron chi connectivity index (χ3n) is 4.01. The van der Waals surface area contributed by atoms with Crippen molar-refractivity contribution in [3.8, 4) is 0 Å². The van der Waals surface area contributed by atoms with Crippen molar-refractivity contribution in [2.45, 2.75) is 64.8 Å². The van der Waals surface area contributed by atoms with E-state index in [9.17, 15) is 0 Å². The van der Waals surface area contributed by atoms with E-state index in [1.165, 1.54) is 49.9 Å². The summed E-state index contributed by atoms with van der Waals surface area (Å²) in [5.41, 5.74) is 1.43. The molecule has 0 bridgehead atoms. The molecule has 2 nitrogen and oxygen atoms in total. The highest BCUT2D eigenvalue weighted by Gasteiger charge is 2.03. The fourth-order valence-electron chi connectivity index (χ4n) is 2.75. The van der Waals surface area contributed by atoms with Crippen molar-refractivity contribution in [3.63, 3.8) is 0 Å². The Morgan fingerprint density at radius 2 is 1.71 bits per heavy atom. The van der Waals surface area contributed by atoms with E-state index >= 15 is 0 Å². The summed E-state index contributed by atoms with van der Waals surface area (Å²) in [5, 5.41) is 0. The first-order chi connectivity index (χ1) is 10.4. The lowest BCUT2D eigenvalue weighted by Crippen LogP contribution is -2.04. The molecule has 0 amide bonds. The van der Waals surface area contributed by atoms with Gasteiger partial charge in [0.1, 0.15) is 5.82 Å². The lowest BCUT2D eigenvalue weighted by molar-refractivity contribution is 0.550. The zero-order valence-corrected chi connectivity index (χ0v) is 13.3. The van der Waals surface area contributed by atoms with Gasteiger partial charge in [-0.3, -0.25) is 0 Å². The van der Waals surface area contributed by atoms with Crippen LogP contribution in [0.2, 0.25) is 0 Å². The van der Waals surface area contributed by atoms with E-state index in [1.807, 2.05) is 6.20 Å². The Hall–Kier alpha value is -1.57. The SMILES string of the molecule is CCCCCCCn1ccnc1CCCc1ccccc1. The number of aromatic nitrogens is 2. The second-order valence-corrected chi connectivity index (χ2v) is 5.79. The molecule has 2 heteroatoms. The maximum absolute atomic E-state index is 4.53. The number of unbranched alkanes of at least 4 members (excludes halogenated alkanes) is 4. The van der Waals surface area contributed by atoms with E-state index < -0.39 is 0 Å². The Balaban J connectivity index is 1.70. The van der Waals surface area contributed by atoms with Gasteiger partial charge in [-0.2, -0.15) is 0 Å². The highest BCUT2D eigenvalue weighted by molar-refractivity contribution is 5.14. The molecule has 1 heterocycles. The molecule has 0 aliphatic heterocycles. The predicted molar refractivity (Wildman–Crippen MR) is 89.5 cm³/mol. The minimum Gasteiger partial charge on any atom is -0.335 e. The van der Waals surface area contributed by atoms with Gasteiger partial charge >= 0.3 is 0 Å². The average molecular weight is 284 g/mol. The monoisotopic (exact) mass is 284 g/mol. The van der Waals surface area contributed by atoms with Crippen molar-refractivity contribution in [3.05, 3.63) is 54.1 Å². The number of hydrogen-bond donors (Lipinski definition) is 0. The van der Waals surface area contributed by atoms with Gasteiger partial charge in [-0.1, -0.05) is 62.9 Å². The molecule has 0 saturated heterocycles. The number of aryl methyl sites for hydroxylation is 3. The summed E-state index contributed by atoms with van der Waals surface area (Å²) in [6.45, 7) is 3.39. The van der Waals surface area contributed by atoms with Crippen molar-refractivity contribution < 1.29 is 0 Å².